The van der Waals surface area contributed by atoms with E-state index in [1.165, 1.54) is 0 Å². The second-order valence-corrected chi connectivity index (χ2v) is 3.57. The minimum absolute atomic E-state index is 0.0358. The zero-order valence-electron chi connectivity index (χ0n) is 7.99. The molecule has 1 aromatic carbocycles. The van der Waals surface area contributed by atoms with Gasteiger partial charge in [-0.25, -0.2) is 5.26 Å². The summed E-state index contributed by atoms with van der Waals surface area (Å²) in [5.74, 6) is 2.22. The van der Waals surface area contributed by atoms with Crippen LogP contribution in [0.15, 0.2) is 23.7 Å². The van der Waals surface area contributed by atoms with Gasteiger partial charge in [-0.15, -0.1) is 0 Å². The van der Waals surface area contributed by atoms with Gasteiger partial charge in [-0.3, -0.25) is 0 Å². The van der Waals surface area contributed by atoms with Gasteiger partial charge in [0.25, 0.3) is 0 Å². The summed E-state index contributed by atoms with van der Waals surface area (Å²) in [6.07, 6.45) is 1.91. The van der Waals surface area contributed by atoms with Gasteiger partial charge in [0.05, 0.1) is 6.61 Å². The molecule has 1 N–H and O–H groups in total. The van der Waals surface area contributed by atoms with Crippen molar-refractivity contribution in [1.29, 1.82) is 5.26 Å². The van der Waals surface area contributed by atoms with Crippen molar-refractivity contribution in [2.24, 2.45) is 0 Å². The van der Waals surface area contributed by atoms with Crippen LogP contribution in [0.25, 0.3) is 6.08 Å². The number of hydrogen-bond donors (Lipinski definition) is 1. The maximum absolute atomic E-state index is 9.09. The van der Waals surface area contributed by atoms with Crippen molar-refractivity contribution in [1.82, 2.24) is 0 Å². The van der Waals surface area contributed by atoms with E-state index < -0.39 is 0 Å². The summed E-state index contributed by atoms with van der Waals surface area (Å²) in [4.78, 5) is 0. The van der Waals surface area contributed by atoms with E-state index in [2.05, 4.69) is 5.97 Å². The molecule has 1 aliphatic rings. The van der Waals surface area contributed by atoms with Gasteiger partial charge in [-0.05, 0) is 12.5 Å². The van der Waals surface area contributed by atoms with Crippen molar-refractivity contribution >= 4 is 18.3 Å². The van der Waals surface area contributed by atoms with Crippen molar-refractivity contribution in [3.63, 3.8) is 0 Å². The molecule has 3 heteroatoms. The number of aryl methyl sites for hydroxylation is 1. The highest BCUT2D eigenvalue weighted by Crippen LogP contribution is 2.17. The second-order valence-electron chi connectivity index (χ2n) is 3.57. The summed E-state index contributed by atoms with van der Waals surface area (Å²) < 4.78 is 0. The molecule has 68 valence electrons. The van der Waals surface area contributed by atoms with Crippen molar-refractivity contribution in [3.05, 3.63) is 34.8 Å². The molecular weight excluding hydrogens is 173 g/mol. The number of aliphatic hydroxyl groups is 1. The Morgan fingerprint density at radius 2 is 2.29 bits per heavy atom. The van der Waals surface area contributed by atoms with Gasteiger partial charge in [-0.1, -0.05) is 40.8 Å². The minimum Gasteiger partial charge on any atom is -0.393 e. The topological polar surface area (TPSA) is 44.0 Å². The summed E-state index contributed by atoms with van der Waals surface area (Å²) in [5.41, 5.74) is 4.03. The number of benzene rings is 1. The Bertz CT molecular complexity index is 445. The number of fused-ring (bicyclic) bond motifs is 1. The lowest BCUT2D eigenvalue weighted by Crippen LogP contribution is -2.30. The van der Waals surface area contributed by atoms with Crippen LogP contribution in [0.5, 0.6) is 0 Å². The van der Waals surface area contributed by atoms with Crippen LogP contribution in [0.4, 0.5) is 0 Å². The predicted molar refractivity (Wildman–Crippen MR) is 57.2 cm³/mol. The number of rotatable bonds is 1. The van der Waals surface area contributed by atoms with Crippen LogP contribution in [0.1, 0.15) is 11.1 Å². The third kappa shape index (κ3) is 1.25. The van der Waals surface area contributed by atoms with E-state index in [1.807, 2.05) is 31.2 Å². The predicted octanol–water partition coefficient (Wildman–Crippen LogP) is 0.688. The monoisotopic (exact) mass is 183 g/mol. The molecular formula is C11H10BNO. The average Bonchev–Trinajstić information content (AvgIpc) is 2.54. The number of hydrogen-bond acceptors (Lipinski definition) is 2. The van der Waals surface area contributed by atoms with Crippen molar-refractivity contribution in [3.8, 4) is 5.97 Å². The van der Waals surface area contributed by atoms with Gasteiger partial charge < -0.3 is 5.11 Å². The maximum atomic E-state index is 9.09. The van der Waals surface area contributed by atoms with Crippen LogP contribution >= 0.6 is 0 Å². The molecule has 0 fully saturated rings. The smallest absolute Gasteiger partial charge is 0.331 e. The Morgan fingerprint density at radius 3 is 2.93 bits per heavy atom. The lowest BCUT2D eigenvalue weighted by atomic mass is 9.43. The van der Waals surface area contributed by atoms with Gasteiger partial charge in [0.15, 0.2) is 0 Å². The lowest BCUT2D eigenvalue weighted by molar-refractivity contribution is 0.339. The third-order valence-electron chi connectivity index (χ3n) is 2.58. The Hall–Kier alpha value is -1.53. The largest absolute Gasteiger partial charge is 0.393 e. The molecule has 0 aliphatic carbocycles. The van der Waals surface area contributed by atoms with E-state index in [0.717, 1.165) is 22.1 Å². The summed E-state index contributed by atoms with van der Waals surface area (Å²) in [6, 6.07) is 6.03. The van der Waals surface area contributed by atoms with Crippen LogP contribution in [-0.2, 0) is 0 Å². The molecule has 1 aliphatic heterocycles. The highest BCUT2D eigenvalue weighted by Gasteiger charge is 2.28. The first kappa shape index (κ1) is 9.05. The molecule has 0 saturated carbocycles. The molecule has 2 rings (SSSR count). The van der Waals surface area contributed by atoms with Crippen LogP contribution < -0.4 is 5.46 Å². The molecule has 0 atom stereocenters. The quantitative estimate of drug-likeness (QED) is 0.651. The fourth-order valence-corrected chi connectivity index (χ4v) is 1.85. The van der Waals surface area contributed by atoms with E-state index in [9.17, 15) is 0 Å². The molecule has 1 aromatic rings. The SMILES string of the molecule is Cc1ccc2c(c1)B(C#N)C(CO)=C2. The summed E-state index contributed by atoms with van der Waals surface area (Å²) in [5, 5.41) is 18.1. The first-order valence-corrected chi connectivity index (χ1v) is 4.57. The van der Waals surface area contributed by atoms with Crippen molar-refractivity contribution < 1.29 is 5.11 Å². The first-order chi connectivity index (χ1) is 6.76. The van der Waals surface area contributed by atoms with Gasteiger partial charge in [0.1, 0.15) is 0 Å². The number of nitriles is 1. The first-order valence-electron chi connectivity index (χ1n) is 4.57. The highest BCUT2D eigenvalue weighted by atomic mass is 16.3. The van der Waals surface area contributed by atoms with Crippen LogP contribution in [0.2, 0.25) is 0 Å². The van der Waals surface area contributed by atoms with Gasteiger partial charge in [0.2, 0.25) is 0 Å². The highest BCUT2D eigenvalue weighted by molar-refractivity contribution is 6.88. The fourth-order valence-electron chi connectivity index (χ4n) is 1.85. The average molecular weight is 183 g/mol. The number of aliphatic hydroxyl groups excluding tert-OH is 1. The third-order valence-corrected chi connectivity index (χ3v) is 2.58. The zero-order valence-corrected chi connectivity index (χ0v) is 7.99. The Balaban J connectivity index is 2.53. The Kier molecular flexibility index (Phi) is 2.15. The molecule has 14 heavy (non-hydrogen) atoms. The standard InChI is InChI=1S/C11H10BNO/c1-8-2-3-9-5-10(6-14)12(7-13)11(9)4-8/h2-5,14H,6H2,1H3. The van der Waals surface area contributed by atoms with E-state index in [0.29, 0.717) is 0 Å². The minimum atomic E-state index is -0.255. The molecule has 0 bridgehead atoms. The van der Waals surface area contributed by atoms with Gasteiger partial charge in [-0.2, -0.15) is 0 Å². The van der Waals surface area contributed by atoms with Gasteiger partial charge >= 0.3 is 6.71 Å². The van der Waals surface area contributed by atoms with E-state index in [-0.39, 0.29) is 13.3 Å². The fraction of sp³-hybridized carbons (Fsp3) is 0.182. The van der Waals surface area contributed by atoms with Gasteiger partial charge in [0, 0.05) is 5.97 Å². The Labute approximate surface area is 83.6 Å². The summed E-state index contributed by atoms with van der Waals surface area (Å²) in [7, 11) is 0. The second kappa shape index (κ2) is 3.32. The van der Waals surface area contributed by atoms with E-state index in [4.69, 9.17) is 10.4 Å². The van der Waals surface area contributed by atoms with Crippen LogP contribution in [-0.4, -0.2) is 18.4 Å². The lowest BCUT2D eigenvalue weighted by Gasteiger charge is -2.03. The molecule has 0 spiro atoms. The van der Waals surface area contributed by atoms with E-state index in [1.54, 1.807) is 0 Å². The molecule has 2 nitrogen and oxygen atoms in total. The van der Waals surface area contributed by atoms with Crippen LogP contribution in [0.3, 0.4) is 0 Å². The molecule has 0 aromatic heterocycles. The normalized spacial score (nSPS) is 13.5. The molecule has 1 heterocycles. The van der Waals surface area contributed by atoms with Crippen LogP contribution in [0, 0.1) is 18.2 Å². The molecule has 0 saturated heterocycles. The Morgan fingerprint density at radius 1 is 1.50 bits per heavy atom. The maximum Gasteiger partial charge on any atom is 0.331 e. The summed E-state index contributed by atoms with van der Waals surface area (Å²) >= 11 is 0. The molecule has 0 radical (unpaired) electrons. The van der Waals surface area contributed by atoms with E-state index >= 15 is 0 Å². The number of nitrogens with zero attached hydrogens (tertiary/aromatic N) is 1. The summed E-state index contributed by atoms with van der Waals surface area (Å²) in [6.45, 7) is 1.72. The van der Waals surface area contributed by atoms with Crippen molar-refractivity contribution in [2.75, 3.05) is 6.61 Å². The molecule has 0 amide bonds. The molecule has 0 unspecified atom stereocenters. The zero-order chi connectivity index (χ0) is 10.1. The van der Waals surface area contributed by atoms with Crippen molar-refractivity contribution in [2.45, 2.75) is 6.92 Å².